The molecule has 1 aliphatic carbocycles. The number of hydrogen-bond acceptors (Lipinski definition) is 4. The van der Waals surface area contributed by atoms with Crippen LogP contribution in [0.25, 0.3) is 0 Å². The van der Waals surface area contributed by atoms with E-state index >= 15 is 0 Å². The minimum atomic E-state index is 0.507. The van der Waals surface area contributed by atoms with E-state index in [4.69, 9.17) is 0 Å². The summed E-state index contributed by atoms with van der Waals surface area (Å²) in [5.41, 5.74) is 0.507. The van der Waals surface area contributed by atoms with Crippen molar-refractivity contribution >= 4 is 11.3 Å². The van der Waals surface area contributed by atoms with Crippen molar-refractivity contribution in [1.82, 2.24) is 15.5 Å². The molecule has 1 atom stereocenters. The lowest BCUT2D eigenvalue weighted by atomic mass is 9.75. The number of rotatable bonds is 3. The molecule has 3 nitrogen and oxygen atoms in total. The van der Waals surface area contributed by atoms with Crippen LogP contribution >= 0.6 is 11.3 Å². The number of nitrogens with zero attached hydrogens (tertiary/aromatic N) is 2. The molecule has 1 N–H and O–H groups in total. The summed E-state index contributed by atoms with van der Waals surface area (Å²) in [5.74, 6) is 0. The molecule has 1 aromatic rings. The number of nitrogens with one attached hydrogen (secondary N) is 1. The van der Waals surface area contributed by atoms with Gasteiger partial charge in [0, 0.05) is 12.6 Å². The van der Waals surface area contributed by atoms with Crippen LogP contribution in [0.15, 0.2) is 0 Å². The Balaban J connectivity index is 1.82. The van der Waals surface area contributed by atoms with Gasteiger partial charge in [-0.3, -0.25) is 0 Å². The van der Waals surface area contributed by atoms with Gasteiger partial charge in [-0.05, 0) is 31.6 Å². The molecule has 0 aromatic carbocycles. The smallest absolute Gasteiger partial charge is 0.131 e. The highest BCUT2D eigenvalue weighted by Gasteiger charge is 2.27. The maximum absolute atomic E-state index is 4.14. The minimum Gasteiger partial charge on any atom is -0.308 e. The second-order valence-electron chi connectivity index (χ2n) is 5.55. The Kier molecular flexibility index (Phi) is 3.60. The van der Waals surface area contributed by atoms with E-state index < -0.39 is 0 Å². The van der Waals surface area contributed by atoms with Crippen LogP contribution in [0, 0.1) is 12.3 Å². The predicted octanol–water partition coefficient (Wildman–Crippen LogP) is 2.90. The highest BCUT2D eigenvalue weighted by molar-refractivity contribution is 7.11. The average Bonchev–Trinajstić information content (AvgIpc) is 2.60. The van der Waals surface area contributed by atoms with Crippen LogP contribution in [0.4, 0.5) is 0 Å². The Morgan fingerprint density at radius 1 is 1.44 bits per heavy atom. The van der Waals surface area contributed by atoms with Crippen molar-refractivity contribution in [2.75, 3.05) is 0 Å². The SMILES string of the molecule is Cc1nnc(CNC2CCCC(C)(C)C2)s1. The first-order chi connectivity index (χ1) is 7.55. The maximum atomic E-state index is 4.14. The minimum absolute atomic E-state index is 0.507. The molecule has 1 saturated carbocycles. The summed E-state index contributed by atoms with van der Waals surface area (Å²) < 4.78 is 0. The number of aromatic nitrogens is 2. The average molecular weight is 239 g/mol. The van der Waals surface area contributed by atoms with Crippen LogP contribution in [0.3, 0.4) is 0 Å². The normalized spacial score (nSPS) is 24.6. The first-order valence-corrected chi connectivity index (χ1v) is 6.89. The zero-order valence-electron chi connectivity index (χ0n) is 10.4. The standard InChI is InChI=1S/C12H21N3S/c1-9-14-15-11(16-9)8-13-10-5-4-6-12(2,3)7-10/h10,13H,4-8H2,1-3H3. The zero-order valence-corrected chi connectivity index (χ0v) is 11.2. The molecular formula is C12H21N3S. The fraction of sp³-hybridized carbons (Fsp3) is 0.833. The second kappa shape index (κ2) is 4.80. The molecule has 1 heterocycles. The summed E-state index contributed by atoms with van der Waals surface area (Å²) in [7, 11) is 0. The van der Waals surface area contributed by atoms with Gasteiger partial charge < -0.3 is 5.32 Å². The molecule has 0 spiro atoms. The van der Waals surface area contributed by atoms with Gasteiger partial charge in [0.15, 0.2) is 0 Å². The molecule has 2 rings (SSSR count). The molecular weight excluding hydrogens is 218 g/mol. The van der Waals surface area contributed by atoms with Gasteiger partial charge in [0.1, 0.15) is 10.0 Å². The van der Waals surface area contributed by atoms with Gasteiger partial charge in [0.2, 0.25) is 0 Å². The van der Waals surface area contributed by atoms with Crippen molar-refractivity contribution < 1.29 is 0 Å². The third-order valence-corrected chi connectivity index (χ3v) is 4.15. The number of aryl methyl sites for hydroxylation is 1. The Morgan fingerprint density at radius 2 is 2.25 bits per heavy atom. The molecule has 0 saturated heterocycles. The van der Waals surface area contributed by atoms with Crippen LogP contribution in [-0.2, 0) is 6.54 Å². The quantitative estimate of drug-likeness (QED) is 0.881. The summed E-state index contributed by atoms with van der Waals surface area (Å²) in [6, 6.07) is 0.660. The molecule has 1 aliphatic rings. The van der Waals surface area contributed by atoms with Crippen LogP contribution < -0.4 is 5.32 Å². The Labute approximate surface area is 102 Å². The van der Waals surface area contributed by atoms with E-state index in [2.05, 4.69) is 29.4 Å². The molecule has 0 bridgehead atoms. The first kappa shape index (κ1) is 12.0. The lowest BCUT2D eigenvalue weighted by molar-refractivity contribution is 0.197. The largest absolute Gasteiger partial charge is 0.308 e. The molecule has 4 heteroatoms. The molecule has 90 valence electrons. The molecule has 1 fully saturated rings. The second-order valence-corrected chi connectivity index (χ2v) is 6.82. The molecule has 1 unspecified atom stereocenters. The van der Waals surface area contributed by atoms with Crippen LogP contribution in [-0.4, -0.2) is 16.2 Å². The van der Waals surface area contributed by atoms with E-state index in [0.717, 1.165) is 16.6 Å². The third kappa shape index (κ3) is 3.25. The topological polar surface area (TPSA) is 37.8 Å². The van der Waals surface area contributed by atoms with Gasteiger partial charge in [-0.15, -0.1) is 21.5 Å². The Morgan fingerprint density at radius 3 is 2.88 bits per heavy atom. The van der Waals surface area contributed by atoms with E-state index in [1.54, 1.807) is 11.3 Å². The summed E-state index contributed by atoms with van der Waals surface area (Å²) >= 11 is 1.69. The van der Waals surface area contributed by atoms with Crippen molar-refractivity contribution in [3.63, 3.8) is 0 Å². The number of hydrogen-bond donors (Lipinski definition) is 1. The zero-order chi connectivity index (χ0) is 11.6. The van der Waals surface area contributed by atoms with E-state index in [1.807, 2.05) is 6.92 Å². The first-order valence-electron chi connectivity index (χ1n) is 6.07. The Bertz CT molecular complexity index is 346. The highest BCUT2D eigenvalue weighted by atomic mass is 32.1. The van der Waals surface area contributed by atoms with Crippen molar-refractivity contribution in [3.05, 3.63) is 10.0 Å². The van der Waals surface area contributed by atoms with Gasteiger partial charge in [-0.25, -0.2) is 0 Å². The van der Waals surface area contributed by atoms with E-state index in [0.29, 0.717) is 11.5 Å². The van der Waals surface area contributed by atoms with Gasteiger partial charge in [0.25, 0.3) is 0 Å². The molecule has 16 heavy (non-hydrogen) atoms. The monoisotopic (exact) mass is 239 g/mol. The van der Waals surface area contributed by atoms with Crippen molar-refractivity contribution in [1.29, 1.82) is 0 Å². The fourth-order valence-corrected chi connectivity index (χ4v) is 3.17. The predicted molar refractivity (Wildman–Crippen MR) is 67.5 cm³/mol. The lowest BCUT2D eigenvalue weighted by Crippen LogP contribution is -2.36. The van der Waals surface area contributed by atoms with E-state index in [-0.39, 0.29) is 0 Å². The van der Waals surface area contributed by atoms with Crippen molar-refractivity contribution in [2.24, 2.45) is 5.41 Å². The van der Waals surface area contributed by atoms with Crippen molar-refractivity contribution in [3.8, 4) is 0 Å². The van der Waals surface area contributed by atoms with E-state index in [1.165, 1.54) is 25.7 Å². The lowest BCUT2D eigenvalue weighted by Gasteiger charge is -2.35. The maximum Gasteiger partial charge on any atom is 0.131 e. The van der Waals surface area contributed by atoms with Gasteiger partial charge in [-0.1, -0.05) is 20.3 Å². The van der Waals surface area contributed by atoms with Crippen molar-refractivity contribution in [2.45, 2.75) is 59.0 Å². The van der Waals surface area contributed by atoms with E-state index in [9.17, 15) is 0 Å². The summed E-state index contributed by atoms with van der Waals surface area (Å²) in [6.45, 7) is 7.63. The fourth-order valence-electron chi connectivity index (χ4n) is 2.51. The summed E-state index contributed by atoms with van der Waals surface area (Å²) in [6.07, 6.45) is 5.30. The summed E-state index contributed by atoms with van der Waals surface area (Å²) in [5, 5.41) is 14.0. The highest BCUT2D eigenvalue weighted by Crippen LogP contribution is 2.35. The van der Waals surface area contributed by atoms with Gasteiger partial charge in [0.05, 0.1) is 0 Å². The van der Waals surface area contributed by atoms with Crippen LogP contribution in [0.5, 0.6) is 0 Å². The third-order valence-electron chi connectivity index (χ3n) is 3.31. The molecule has 1 aromatic heterocycles. The van der Waals surface area contributed by atoms with Gasteiger partial charge >= 0.3 is 0 Å². The van der Waals surface area contributed by atoms with Crippen LogP contribution in [0.2, 0.25) is 0 Å². The Hall–Kier alpha value is -0.480. The van der Waals surface area contributed by atoms with Crippen LogP contribution in [0.1, 0.15) is 49.5 Å². The summed E-state index contributed by atoms with van der Waals surface area (Å²) in [4.78, 5) is 0. The molecule has 0 aliphatic heterocycles. The van der Waals surface area contributed by atoms with Gasteiger partial charge in [-0.2, -0.15) is 0 Å². The molecule has 0 radical (unpaired) electrons. The molecule has 0 amide bonds.